The maximum Gasteiger partial charge on any atom is 0.305 e. The topological polar surface area (TPSA) is 82.6 Å². The number of nitrogens with zero attached hydrogens (tertiary/aromatic N) is 1. The number of esters is 1. The second-order valence-electron chi connectivity index (χ2n) is 6.69. The fourth-order valence-corrected chi connectivity index (χ4v) is 3.58. The second-order valence-corrected chi connectivity index (χ2v) is 7.61. The molecule has 148 valence electrons. The highest BCUT2D eigenvalue weighted by Gasteiger charge is 2.29. The van der Waals surface area contributed by atoms with Gasteiger partial charge in [0.05, 0.1) is 18.6 Å². The lowest BCUT2D eigenvalue weighted by atomic mass is 9.90. The van der Waals surface area contributed by atoms with E-state index in [2.05, 4.69) is 20.9 Å². The summed E-state index contributed by atoms with van der Waals surface area (Å²) in [6, 6.07) is 1.63. The number of aromatic nitrogens is 1. The molecule has 0 N–H and O–H groups in total. The zero-order valence-electron chi connectivity index (χ0n) is 15.6. The Kier molecular flexibility index (Phi) is 9.07. The van der Waals surface area contributed by atoms with Crippen LogP contribution in [0.5, 0.6) is 0 Å². The third kappa shape index (κ3) is 7.14. The van der Waals surface area contributed by atoms with E-state index >= 15 is 0 Å². The Balaban J connectivity index is 2.04. The van der Waals surface area contributed by atoms with E-state index in [1.165, 1.54) is 12.6 Å². The van der Waals surface area contributed by atoms with E-state index in [1.807, 2.05) is 0 Å². The van der Waals surface area contributed by atoms with Gasteiger partial charge in [-0.2, -0.15) is 0 Å². The second kappa shape index (κ2) is 11.3. The summed E-state index contributed by atoms with van der Waals surface area (Å²) < 4.78 is 11.3. The first-order valence-electron chi connectivity index (χ1n) is 9.46. The molecular weight excluding hydrogens is 414 g/mol. The number of halogens is 1. The molecule has 7 heteroatoms. The molecule has 0 spiro atoms. The monoisotopic (exact) mass is 439 g/mol. The van der Waals surface area contributed by atoms with Gasteiger partial charge in [-0.05, 0) is 48.2 Å². The number of carbonyl (C=O) groups is 3. The number of ketones is 2. The first-order valence-corrected chi connectivity index (χ1v) is 10.2. The van der Waals surface area contributed by atoms with Crippen LogP contribution in [0.1, 0.15) is 62.2 Å². The SMILES string of the molecule is CCOC(=O)CCC(C(=O)COC1CCCCC1)C(=O)c1cncc(Br)c1. The van der Waals surface area contributed by atoms with Crippen molar-refractivity contribution in [3.05, 3.63) is 28.5 Å². The van der Waals surface area contributed by atoms with Crippen LogP contribution in [0, 0.1) is 5.92 Å². The van der Waals surface area contributed by atoms with Crippen LogP contribution in [0.4, 0.5) is 0 Å². The minimum absolute atomic E-state index is 0.0147. The summed E-state index contributed by atoms with van der Waals surface area (Å²) in [4.78, 5) is 41.3. The van der Waals surface area contributed by atoms with Crippen molar-refractivity contribution in [3.63, 3.8) is 0 Å². The highest BCUT2D eigenvalue weighted by molar-refractivity contribution is 9.10. The molecule has 0 aromatic carbocycles. The van der Waals surface area contributed by atoms with Gasteiger partial charge in [0.2, 0.25) is 0 Å². The largest absolute Gasteiger partial charge is 0.466 e. The van der Waals surface area contributed by atoms with E-state index in [9.17, 15) is 14.4 Å². The van der Waals surface area contributed by atoms with E-state index in [0.29, 0.717) is 10.0 Å². The number of hydrogen-bond donors (Lipinski definition) is 0. The minimum Gasteiger partial charge on any atom is -0.466 e. The number of pyridine rings is 1. The third-order valence-corrected chi connectivity index (χ3v) is 5.08. The van der Waals surface area contributed by atoms with Crippen LogP contribution in [-0.2, 0) is 19.1 Å². The molecule has 1 aliphatic carbocycles. The van der Waals surface area contributed by atoms with Gasteiger partial charge in [-0.3, -0.25) is 19.4 Å². The molecule has 0 radical (unpaired) electrons. The van der Waals surface area contributed by atoms with Crippen molar-refractivity contribution in [2.75, 3.05) is 13.2 Å². The van der Waals surface area contributed by atoms with Crippen molar-refractivity contribution < 1.29 is 23.9 Å². The van der Waals surface area contributed by atoms with Crippen molar-refractivity contribution in [2.24, 2.45) is 5.92 Å². The molecule has 27 heavy (non-hydrogen) atoms. The molecule has 1 atom stereocenters. The molecule has 2 rings (SSSR count). The fraction of sp³-hybridized carbons (Fsp3) is 0.600. The summed E-state index contributed by atoms with van der Waals surface area (Å²) in [5.41, 5.74) is 0.337. The van der Waals surface area contributed by atoms with Gasteiger partial charge in [-0.1, -0.05) is 19.3 Å². The van der Waals surface area contributed by atoms with E-state index < -0.39 is 11.9 Å². The third-order valence-electron chi connectivity index (χ3n) is 4.65. The number of Topliss-reactive ketones (excluding diaryl/α,β-unsaturated/α-hetero) is 2. The zero-order chi connectivity index (χ0) is 19.6. The maximum absolute atomic E-state index is 12.9. The molecule has 0 amide bonds. The Morgan fingerprint density at radius 1 is 1.22 bits per heavy atom. The van der Waals surface area contributed by atoms with E-state index in [0.717, 1.165) is 25.7 Å². The quantitative estimate of drug-likeness (QED) is 0.312. The standard InChI is InChI=1S/C20H26BrNO5/c1-2-26-19(24)9-8-17(20(25)14-10-15(21)12-22-11-14)18(23)13-27-16-6-4-3-5-7-16/h10-12,16-17H,2-9,13H2,1H3. The predicted octanol–water partition coefficient (Wildman–Crippen LogP) is 3.90. The van der Waals surface area contributed by atoms with Crippen molar-refractivity contribution in [2.45, 2.75) is 58.0 Å². The average molecular weight is 440 g/mol. The van der Waals surface area contributed by atoms with Crippen molar-refractivity contribution in [1.29, 1.82) is 0 Å². The van der Waals surface area contributed by atoms with Gasteiger partial charge in [0.25, 0.3) is 0 Å². The summed E-state index contributed by atoms with van der Waals surface area (Å²) in [7, 11) is 0. The lowest BCUT2D eigenvalue weighted by Gasteiger charge is -2.23. The normalized spacial score (nSPS) is 15.9. The van der Waals surface area contributed by atoms with E-state index in [-0.39, 0.29) is 43.7 Å². The van der Waals surface area contributed by atoms with Crippen LogP contribution in [0.15, 0.2) is 22.9 Å². The van der Waals surface area contributed by atoms with Crippen LogP contribution in [0.2, 0.25) is 0 Å². The maximum atomic E-state index is 12.9. The molecule has 0 saturated heterocycles. The van der Waals surface area contributed by atoms with Gasteiger partial charge in [-0.25, -0.2) is 0 Å². The van der Waals surface area contributed by atoms with Gasteiger partial charge in [0.1, 0.15) is 6.61 Å². The molecule has 6 nitrogen and oxygen atoms in total. The fourth-order valence-electron chi connectivity index (χ4n) is 3.21. The predicted molar refractivity (Wildman–Crippen MR) is 103 cm³/mol. The van der Waals surface area contributed by atoms with Crippen LogP contribution >= 0.6 is 15.9 Å². The van der Waals surface area contributed by atoms with Gasteiger partial charge in [0, 0.05) is 28.9 Å². The molecule has 0 aliphatic heterocycles. The number of ether oxygens (including phenoxy) is 2. The Hall–Kier alpha value is -1.60. The molecule has 1 saturated carbocycles. The van der Waals surface area contributed by atoms with Crippen LogP contribution in [0.25, 0.3) is 0 Å². The summed E-state index contributed by atoms with van der Waals surface area (Å²) in [6.07, 6.45) is 8.51. The van der Waals surface area contributed by atoms with Crippen LogP contribution < -0.4 is 0 Å². The number of carbonyl (C=O) groups excluding carboxylic acids is 3. The molecule has 1 aromatic rings. The molecule has 1 heterocycles. The highest BCUT2D eigenvalue weighted by atomic mass is 79.9. The zero-order valence-corrected chi connectivity index (χ0v) is 17.2. The number of hydrogen-bond acceptors (Lipinski definition) is 6. The van der Waals surface area contributed by atoms with Crippen molar-refractivity contribution in [1.82, 2.24) is 4.98 Å². The van der Waals surface area contributed by atoms with E-state index in [1.54, 1.807) is 19.2 Å². The van der Waals surface area contributed by atoms with Gasteiger partial charge >= 0.3 is 5.97 Å². The van der Waals surface area contributed by atoms with Crippen LogP contribution in [-0.4, -0.2) is 41.8 Å². The van der Waals surface area contributed by atoms with Crippen molar-refractivity contribution >= 4 is 33.5 Å². The molecule has 1 fully saturated rings. The first kappa shape index (κ1) is 21.7. The van der Waals surface area contributed by atoms with Gasteiger partial charge in [0.15, 0.2) is 11.6 Å². The van der Waals surface area contributed by atoms with Gasteiger partial charge < -0.3 is 9.47 Å². The lowest BCUT2D eigenvalue weighted by Crippen LogP contribution is -2.31. The highest BCUT2D eigenvalue weighted by Crippen LogP contribution is 2.22. The molecule has 1 aliphatic rings. The molecular formula is C20H26BrNO5. The average Bonchev–Trinajstić information content (AvgIpc) is 2.67. The summed E-state index contributed by atoms with van der Waals surface area (Å²) in [5.74, 6) is -1.99. The van der Waals surface area contributed by atoms with Crippen molar-refractivity contribution in [3.8, 4) is 0 Å². The van der Waals surface area contributed by atoms with E-state index in [4.69, 9.17) is 9.47 Å². The minimum atomic E-state index is -0.936. The van der Waals surface area contributed by atoms with Crippen LogP contribution in [0.3, 0.4) is 0 Å². The summed E-state index contributed by atoms with van der Waals surface area (Å²) >= 11 is 3.28. The summed E-state index contributed by atoms with van der Waals surface area (Å²) in [6.45, 7) is 1.88. The number of rotatable bonds is 10. The Labute approximate surface area is 168 Å². The first-order chi connectivity index (χ1) is 13.0. The summed E-state index contributed by atoms with van der Waals surface area (Å²) in [5, 5.41) is 0. The molecule has 0 bridgehead atoms. The Morgan fingerprint density at radius 3 is 2.63 bits per heavy atom. The lowest BCUT2D eigenvalue weighted by molar-refractivity contribution is -0.143. The molecule has 1 unspecified atom stereocenters. The smallest absolute Gasteiger partial charge is 0.305 e. The Morgan fingerprint density at radius 2 is 1.96 bits per heavy atom. The van der Waals surface area contributed by atoms with Gasteiger partial charge in [-0.15, -0.1) is 0 Å². The molecule has 1 aromatic heterocycles. The Bertz CT molecular complexity index is 658.